The van der Waals surface area contributed by atoms with Crippen LogP contribution < -0.4 is 20.3 Å². The highest BCUT2D eigenvalue weighted by Gasteiger charge is 2.24. The van der Waals surface area contributed by atoms with Gasteiger partial charge in [0.25, 0.3) is 11.8 Å². The van der Waals surface area contributed by atoms with Gasteiger partial charge in [-0.05, 0) is 70.9 Å². The summed E-state index contributed by atoms with van der Waals surface area (Å²) in [4.78, 5) is 24.8. The first kappa shape index (κ1) is 23.3. The summed E-state index contributed by atoms with van der Waals surface area (Å²) in [6.07, 6.45) is -0.804. The van der Waals surface area contributed by atoms with E-state index in [0.29, 0.717) is 12.4 Å². The van der Waals surface area contributed by atoms with E-state index in [1.807, 2.05) is 46.2 Å². The first-order valence-electron chi connectivity index (χ1n) is 10.1. The summed E-state index contributed by atoms with van der Waals surface area (Å²) in [5.74, 6) is 0.496. The van der Waals surface area contributed by atoms with E-state index in [1.54, 1.807) is 37.3 Å². The molecule has 30 heavy (non-hydrogen) atoms. The van der Waals surface area contributed by atoms with Crippen LogP contribution in [0.2, 0.25) is 0 Å². The Labute approximate surface area is 177 Å². The summed E-state index contributed by atoms with van der Waals surface area (Å²) in [6, 6.07) is 8.73. The quantitative estimate of drug-likeness (QED) is 0.675. The number of hydrogen-bond donors (Lipinski definition) is 2. The molecule has 0 saturated heterocycles. The first-order valence-corrected chi connectivity index (χ1v) is 10.1. The minimum atomic E-state index is -0.804. The number of amides is 2. The predicted molar refractivity (Wildman–Crippen MR) is 115 cm³/mol. The smallest absolute Gasteiger partial charge is 0.290 e. The lowest BCUT2D eigenvalue weighted by Crippen LogP contribution is -2.47. The van der Waals surface area contributed by atoms with Crippen molar-refractivity contribution < 1.29 is 19.1 Å². The van der Waals surface area contributed by atoms with Gasteiger partial charge in [0.15, 0.2) is 11.8 Å². The molecule has 0 spiro atoms. The molecule has 2 N–H and O–H groups in total. The molecule has 8 heteroatoms. The van der Waals surface area contributed by atoms with Crippen molar-refractivity contribution in [2.75, 3.05) is 6.61 Å². The number of ether oxygens (including phenoxy) is 2. The number of nitrogens with zero attached hydrogens (tertiary/aromatic N) is 2. The Bertz CT molecular complexity index is 866. The predicted octanol–water partition coefficient (Wildman–Crippen LogP) is 3.39. The second-order valence-corrected chi connectivity index (χ2v) is 8.30. The number of carbonyl (C=O) groups is 2. The Morgan fingerprint density at radius 1 is 1.07 bits per heavy atom. The van der Waals surface area contributed by atoms with E-state index < -0.39 is 17.9 Å². The van der Waals surface area contributed by atoms with Crippen molar-refractivity contribution in [3.63, 3.8) is 0 Å². The van der Waals surface area contributed by atoms with Crippen molar-refractivity contribution in [2.24, 2.45) is 0 Å². The highest BCUT2D eigenvalue weighted by atomic mass is 16.5. The Morgan fingerprint density at radius 2 is 1.67 bits per heavy atom. The maximum atomic E-state index is 12.5. The normalized spacial score (nSPS) is 12.4. The first-order chi connectivity index (χ1) is 14.0. The Hall–Kier alpha value is -3.03. The van der Waals surface area contributed by atoms with E-state index in [-0.39, 0.29) is 17.2 Å². The molecular weight excluding hydrogens is 384 g/mol. The van der Waals surface area contributed by atoms with E-state index in [0.717, 1.165) is 11.4 Å². The molecule has 1 atom stereocenters. The van der Waals surface area contributed by atoms with Crippen molar-refractivity contribution in [3.8, 4) is 11.5 Å². The van der Waals surface area contributed by atoms with Gasteiger partial charge in [-0.2, -0.15) is 5.10 Å². The fourth-order valence-electron chi connectivity index (χ4n) is 2.78. The van der Waals surface area contributed by atoms with Crippen LogP contribution in [-0.2, 0) is 10.3 Å². The molecule has 8 nitrogen and oxygen atoms in total. The summed E-state index contributed by atoms with van der Waals surface area (Å²) < 4.78 is 12.8. The molecular formula is C22H32N4O4. The number of hydrogen-bond acceptors (Lipinski definition) is 5. The molecule has 2 rings (SSSR count). The van der Waals surface area contributed by atoms with Crippen molar-refractivity contribution in [1.82, 2.24) is 20.6 Å². The minimum Gasteiger partial charge on any atom is -0.494 e. The Kier molecular flexibility index (Phi) is 7.48. The third-order valence-corrected chi connectivity index (χ3v) is 4.31. The van der Waals surface area contributed by atoms with Crippen LogP contribution in [0, 0.1) is 0 Å². The van der Waals surface area contributed by atoms with Gasteiger partial charge in [0.2, 0.25) is 0 Å². The molecule has 1 heterocycles. The molecule has 2 aromatic rings. The highest BCUT2D eigenvalue weighted by molar-refractivity contribution is 5.94. The van der Waals surface area contributed by atoms with Gasteiger partial charge in [-0.15, -0.1) is 0 Å². The molecule has 0 fully saturated rings. The van der Waals surface area contributed by atoms with Gasteiger partial charge < -0.3 is 9.47 Å². The number of benzene rings is 1. The topological polar surface area (TPSA) is 94.5 Å². The zero-order valence-electron chi connectivity index (χ0n) is 18.8. The Balaban J connectivity index is 1.96. The third-order valence-electron chi connectivity index (χ3n) is 4.31. The van der Waals surface area contributed by atoms with E-state index in [4.69, 9.17) is 9.47 Å². The van der Waals surface area contributed by atoms with Gasteiger partial charge in [-0.3, -0.25) is 25.1 Å². The largest absolute Gasteiger partial charge is 0.494 e. The molecule has 1 aromatic carbocycles. The summed E-state index contributed by atoms with van der Waals surface area (Å²) >= 11 is 0. The lowest BCUT2D eigenvalue weighted by atomic mass is 10.1. The van der Waals surface area contributed by atoms with Crippen molar-refractivity contribution in [2.45, 2.75) is 66.0 Å². The van der Waals surface area contributed by atoms with E-state index >= 15 is 0 Å². The zero-order valence-corrected chi connectivity index (χ0v) is 18.8. The number of aromatic nitrogens is 2. The molecule has 0 radical (unpaired) electrons. The lowest BCUT2D eigenvalue weighted by molar-refractivity contribution is -0.128. The average Bonchev–Trinajstić information content (AvgIpc) is 3.14. The van der Waals surface area contributed by atoms with E-state index in [9.17, 15) is 9.59 Å². The zero-order chi connectivity index (χ0) is 22.5. The van der Waals surface area contributed by atoms with Crippen LogP contribution >= 0.6 is 0 Å². The number of carbonyl (C=O) groups excluding carboxylic acids is 2. The molecule has 164 valence electrons. The van der Waals surface area contributed by atoms with Gasteiger partial charge in [-0.1, -0.05) is 13.8 Å². The van der Waals surface area contributed by atoms with Crippen LogP contribution in [0.3, 0.4) is 0 Å². The average molecular weight is 417 g/mol. The van der Waals surface area contributed by atoms with Crippen molar-refractivity contribution in [3.05, 3.63) is 41.7 Å². The molecule has 0 bridgehead atoms. The summed E-state index contributed by atoms with van der Waals surface area (Å²) in [6.45, 7) is 14.2. The molecule has 0 aliphatic heterocycles. The van der Waals surface area contributed by atoms with E-state index in [2.05, 4.69) is 16.0 Å². The summed E-state index contributed by atoms with van der Waals surface area (Å²) in [5, 5.41) is 4.43. The minimum absolute atomic E-state index is 0.204. The monoisotopic (exact) mass is 416 g/mol. The maximum Gasteiger partial charge on any atom is 0.290 e. The van der Waals surface area contributed by atoms with Gasteiger partial charge in [0, 0.05) is 5.69 Å². The molecule has 1 unspecified atom stereocenters. The second-order valence-electron chi connectivity index (χ2n) is 8.30. The lowest BCUT2D eigenvalue weighted by Gasteiger charge is -2.23. The van der Waals surface area contributed by atoms with Gasteiger partial charge in [0.1, 0.15) is 11.5 Å². The van der Waals surface area contributed by atoms with Crippen LogP contribution in [0.4, 0.5) is 0 Å². The van der Waals surface area contributed by atoms with Gasteiger partial charge >= 0.3 is 0 Å². The highest BCUT2D eigenvalue weighted by Crippen LogP contribution is 2.23. The van der Waals surface area contributed by atoms with Gasteiger partial charge in [-0.25, -0.2) is 0 Å². The van der Waals surface area contributed by atoms with Crippen LogP contribution in [0.1, 0.15) is 70.6 Å². The maximum absolute atomic E-state index is 12.5. The number of nitrogens with one attached hydrogen (secondary N) is 2. The van der Waals surface area contributed by atoms with Gasteiger partial charge in [0.05, 0.1) is 12.1 Å². The second kappa shape index (κ2) is 9.65. The molecule has 0 saturated carbocycles. The van der Waals surface area contributed by atoms with Crippen LogP contribution in [0.15, 0.2) is 30.3 Å². The molecule has 0 aliphatic rings. The molecule has 0 aliphatic carbocycles. The number of hydrazine groups is 1. The SMILES string of the molecule is CCOc1ccc(OC(C)C(=O)NNC(=O)c2cc(C(C)C)n(C(C)(C)C)n2)cc1. The van der Waals surface area contributed by atoms with Crippen LogP contribution in [0.5, 0.6) is 11.5 Å². The van der Waals surface area contributed by atoms with Crippen LogP contribution in [0.25, 0.3) is 0 Å². The third kappa shape index (κ3) is 5.98. The van der Waals surface area contributed by atoms with Crippen molar-refractivity contribution in [1.29, 1.82) is 0 Å². The standard InChI is InChI=1S/C22H32N4O4/c1-8-29-16-9-11-17(12-10-16)30-15(4)20(27)23-24-21(28)18-13-19(14(2)3)26(25-18)22(5,6)7/h9-15H,8H2,1-7H3,(H,23,27)(H,24,28). The summed E-state index contributed by atoms with van der Waals surface area (Å²) in [5.41, 5.74) is 5.73. The Morgan fingerprint density at radius 3 is 2.17 bits per heavy atom. The van der Waals surface area contributed by atoms with Crippen LogP contribution in [-0.4, -0.2) is 34.3 Å². The van der Waals surface area contributed by atoms with Crippen molar-refractivity contribution >= 4 is 11.8 Å². The number of rotatable bonds is 7. The molecule has 1 aromatic heterocycles. The summed E-state index contributed by atoms with van der Waals surface area (Å²) in [7, 11) is 0. The fraction of sp³-hybridized carbons (Fsp3) is 0.500. The fourth-order valence-corrected chi connectivity index (χ4v) is 2.78. The van der Waals surface area contributed by atoms with E-state index in [1.165, 1.54) is 0 Å². The molecule has 2 amide bonds.